The van der Waals surface area contributed by atoms with Gasteiger partial charge in [-0.1, -0.05) is 29.5 Å². The minimum atomic E-state index is 0.682. The molecule has 6 heteroatoms. The quantitative estimate of drug-likeness (QED) is 0.548. The molecule has 2 aromatic heterocycles. The van der Waals surface area contributed by atoms with E-state index in [9.17, 15) is 0 Å². The van der Waals surface area contributed by atoms with Gasteiger partial charge in [0.25, 0.3) is 0 Å². The Morgan fingerprint density at radius 2 is 2.29 bits per heavy atom. The molecule has 0 saturated heterocycles. The average Bonchev–Trinajstić information content (AvgIpc) is 2.99. The number of hydrogen-bond acceptors (Lipinski definition) is 5. The van der Waals surface area contributed by atoms with E-state index in [-0.39, 0.29) is 0 Å². The Kier molecular flexibility index (Phi) is 2.55. The van der Waals surface area contributed by atoms with E-state index in [1.807, 2.05) is 24.4 Å². The van der Waals surface area contributed by atoms with Crippen molar-refractivity contribution in [3.8, 4) is 0 Å². The highest BCUT2D eigenvalue weighted by atomic mass is 32.1. The fourth-order valence-corrected chi connectivity index (χ4v) is 1.97. The Bertz CT molecular complexity index is 641. The lowest BCUT2D eigenvalue weighted by Crippen LogP contribution is -1.89. The Morgan fingerprint density at radius 1 is 1.35 bits per heavy atom. The largest absolute Gasteiger partial charge is 0.361 e. The third kappa shape index (κ3) is 2.02. The molecule has 0 fully saturated rings. The van der Waals surface area contributed by atoms with Crippen molar-refractivity contribution in [1.29, 1.82) is 0 Å². The maximum absolute atomic E-state index is 4.12. The highest BCUT2D eigenvalue weighted by Crippen LogP contribution is 2.16. The first-order valence-corrected chi connectivity index (χ1v) is 5.93. The first-order chi connectivity index (χ1) is 8.43. The van der Waals surface area contributed by atoms with Gasteiger partial charge < -0.3 is 4.98 Å². The standard InChI is InChI=1S/C11H9N5S/c1-2-4-10-9(3-1)8(5-12-10)6-13-15-11-16-14-7-17-11/h1-7,12H,(H,15,16). The summed E-state index contributed by atoms with van der Waals surface area (Å²) in [6.07, 6.45) is 3.69. The van der Waals surface area contributed by atoms with Crippen LogP contribution in [0.15, 0.2) is 41.1 Å². The molecule has 0 bridgehead atoms. The number of nitrogens with one attached hydrogen (secondary N) is 2. The molecule has 0 radical (unpaired) electrons. The van der Waals surface area contributed by atoms with Gasteiger partial charge in [0.15, 0.2) is 0 Å². The van der Waals surface area contributed by atoms with Gasteiger partial charge in [0.1, 0.15) is 5.51 Å². The van der Waals surface area contributed by atoms with Gasteiger partial charge in [-0.15, -0.1) is 10.2 Å². The van der Waals surface area contributed by atoms with Crippen molar-refractivity contribution in [1.82, 2.24) is 15.2 Å². The molecular weight excluding hydrogens is 234 g/mol. The van der Waals surface area contributed by atoms with Crippen LogP contribution < -0.4 is 5.43 Å². The number of H-pyrrole nitrogens is 1. The fourth-order valence-electron chi connectivity index (χ4n) is 1.58. The lowest BCUT2D eigenvalue weighted by molar-refractivity contribution is 1.08. The lowest BCUT2D eigenvalue weighted by Gasteiger charge is -1.92. The van der Waals surface area contributed by atoms with E-state index in [2.05, 4.69) is 31.8 Å². The number of aromatic amines is 1. The first-order valence-electron chi connectivity index (χ1n) is 5.05. The van der Waals surface area contributed by atoms with E-state index in [1.54, 1.807) is 11.7 Å². The SMILES string of the molecule is C(=NNc1nncs1)c1c[nH]c2ccccc12. The molecule has 2 heterocycles. The maximum Gasteiger partial charge on any atom is 0.225 e. The van der Waals surface area contributed by atoms with E-state index in [0.717, 1.165) is 16.5 Å². The predicted octanol–water partition coefficient (Wildman–Crippen LogP) is 2.47. The summed E-state index contributed by atoms with van der Waals surface area (Å²) >= 11 is 1.41. The Morgan fingerprint density at radius 3 is 3.18 bits per heavy atom. The number of nitrogens with zero attached hydrogens (tertiary/aromatic N) is 3. The molecule has 0 saturated carbocycles. The summed E-state index contributed by atoms with van der Waals surface area (Å²) in [5.74, 6) is 0. The number of anilines is 1. The van der Waals surface area contributed by atoms with Crippen LogP contribution in [0.2, 0.25) is 0 Å². The molecule has 0 spiro atoms. The molecule has 0 atom stereocenters. The second-order valence-corrected chi connectivity index (χ2v) is 4.24. The van der Waals surface area contributed by atoms with E-state index in [4.69, 9.17) is 0 Å². The van der Waals surface area contributed by atoms with E-state index in [0.29, 0.717) is 5.13 Å². The van der Waals surface area contributed by atoms with Crippen LogP contribution in [0.25, 0.3) is 10.9 Å². The molecule has 3 rings (SSSR count). The molecule has 84 valence electrons. The minimum absolute atomic E-state index is 0.682. The molecular formula is C11H9N5S. The molecule has 0 amide bonds. The van der Waals surface area contributed by atoms with Gasteiger partial charge in [-0.05, 0) is 6.07 Å². The zero-order chi connectivity index (χ0) is 11.5. The smallest absolute Gasteiger partial charge is 0.225 e. The van der Waals surface area contributed by atoms with Crippen molar-refractivity contribution >= 4 is 33.6 Å². The van der Waals surface area contributed by atoms with Crippen LogP contribution in [0.3, 0.4) is 0 Å². The molecule has 0 aliphatic rings. The van der Waals surface area contributed by atoms with Gasteiger partial charge in [0.05, 0.1) is 6.21 Å². The third-order valence-electron chi connectivity index (χ3n) is 2.35. The molecule has 3 aromatic rings. The van der Waals surface area contributed by atoms with Crippen molar-refractivity contribution in [2.75, 3.05) is 5.43 Å². The zero-order valence-electron chi connectivity index (χ0n) is 8.79. The van der Waals surface area contributed by atoms with Crippen LogP contribution in [0.1, 0.15) is 5.56 Å². The topological polar surface area (TPSA) is 66.0 Å². The summed E-state index contributed by atoms with van der Waals surface area (Å²) in [7, 11) is 0. The summed E-state index contributed by atoms with van der Waals surface area (Å²) in [4.78, 5) is 3.19. The monoisotopic (exact) mass is 243 g/mol. The van der Waals surface area contributed by atoms with Crippen molar-refractivity contribution in [3.05, 3.63) is 41.5 Å². The van der Waals surface area contributed by atoms with Crippen molar-refractivity contribution < 1.29 is 0 Å². The maximum atomic E-state index is 4.12. The Hall–Kier alpha value is -2.21. The third-order valence-corrected chi connectivity index (χ3v) is 2.94. The summed E-state index contributed by atoms with van der Waals surface area (Å²) in [6, 6.07) is 8.09. The average molecular weight is 243 g/mol. The van der Waals surface area contributed by atoms with Crippen LogP contribution in [-0.4, -0.2) is 21.4 Å². The normalized spacial score (nSPS) is 11.3. The molecule has 1 aromatic carbocycles. The minimum Gasteiger partial charge on any atom is -0.361 e. The number of benzene rings is 1. The second-order valence-electron chi connectivity index (χ2n) is 3.40. The van der Waals surface area contributed by atoms with Crippen LogP contribution in [-0.2, 0) is 0 Å². The lowest BCUT2D eigenvalue weighted by atomic mass is 10.2. The van der Waals surface area contributed by atoms with Gasteiger partial charge in [-0.25, -0.2) is 0 Å². The molecule has 0 aliphatic carbocycles. The molecule has 2 N–H and O–H groups in total. The summed E-state index contributed by atoms with van der Waals surface area (Å²) in [5, 5.41) is 13.5. The van der Waals surface area contributed by atoms with Gasteiger partial charge in [0.2, 0.25) is 5.13 Å². The fraction of sp³-hybridized carbons (Fsp3) is 0. The molecule has 17 heavy (non-hydrogen) atoms. The van der Waals surface area contributed by atoms with Crippen molar-refractivity contribution in [3.63, 3.8) is 0 Å². The van der Waals surface area contributed by atoms with Crippen molar-refractivity contribution in [2.24, 2.45) is 5.10 Å². The second kappa shape index (κ2) is 4.34. The van der Waals surface area contributed by atoms with Gasteiger partial charge >= 0.3 is 0 Å². The summed E-state index contributed by atoms with van der Waals surface area (Å²) in [6.45, 7) is 0. The van der Waals surface area contributed by atoms with E-state index >= 15 is 0 Å². The van der Waals surface area contributed by atoms with Gasteiger partial charge in [0, 0.05) is 22.7 Å². The number of rotatable bonds is 3. The van der Waals surface area contributed by atoms with Crippen LogP contribution in [0, 0.1) is 0 Å². The zero-order valence-corrected chi connectivity index (χ0v) is 9.61. The number of hydrazone groups is 1. The van der Waals surface area contributed by atoms with Crippen LogP contribution in [0.5, 0.6) is 0 Å². The van der Waals surface area contributed by atoms with Gasteiger partial charge in [-0.2, -0.15) is 5.10 Å². The Labute approximate surface area is 101 Å². The van der Waals surface area contributed by atoms with Crippen LogP contribution >= 0.6 is 11.3 Å². The molecule has 0 aliphatic heterocycles. The van der Waals surface area contributed by atoms with Crippen molar-refractivity contribution in [2.45, 2.75) is 0 Å². The van der Waals surface area contributed by atoms with E-state index in [1.165, 1.54) is 11.3 Å². The predicted molar refractivity (Wildman–Crippen MR) is 69.4 cm³/mol. The highest BCUT2D eigenvalue weighted by molar-refractivity contribution is 7.13. The van der Waals surface area contributed by atoms with Crippen LogP contribution in [0.4, 0.5) is 5.13 Å². The number of para-hydroxylation sites is 1. The number of aromatic nitrogens is 3. The summed E-state index contributed by atoms with van der Waals surface area (Å²) in [5.41, 5.74) is 6.63. The number of fused-ring (bicyclic) bond motifs is 1. The molecule has 0 unspecified atom stereocenters. The van der Waals surface area contributed by atoms with Gasteiger partial charge in [-0.3, -0.25) is 5.43 Å². The molecule has 5 nitrogen and oxygen atoms in total. The Balaban J connectivity index is 1.83. The number of hydrogen-bond donors (Lipinski definition) is 2. The first kappa shape index (κ1) is 9.98. The van der Waals surface area contributed by atoms with E-state index < -0.39 is 0 Å². The highest BCUT2D eigenvalue weighted by Gasteiger charge is 1.99. The summed E-state index contributed by atoms with van der Waals surface area (Å²) < 4.78 is 0.